The number of nitrogens with zero attached hydrogens (tertiary/aromatic N) is 4. The molecule has 1 heterocycles. The lowest BCUT2D eigenvalue weighted by molar-refractivity contribution is -0.179. The monoisotopic (exact) mass is 769 g/mol. The van der Waals surface area contributed by atoms with Crippen molar-refractivity contribution in [2.75, 3.05) is 33.4 Å². The molecule has 0 aliphatic rings. The van der Waals surface area contributed by atoms with Gasteiger partial charge in [-0.2, -0.15) is 0 Å². The first kappa shape index (κ1) is 43.9. The molecule has 0 fully saturated rings. The van der Waals surface area contributed by atoms with Crippen molar-refractivity contribution in [3.8, 4) is 0 Å². The van der Waals surface area contributed by atoms with Crippen LogP contribution in [0, 0.1) is 0 Å². The summed E-state index contributed by atoms with van der Waals surface area (Å²) in [5, 5.41) is 18.3. The van der Waals surface area contributed by atoms with Gasteiger partial charge in [0.05, 0.1) is 18.1 Å². The van der Waals surface area contributed by atoms with Gasteiger partial charge < -0.3 is 35.0 Å². The highest BCUT2D eigenvalue weighted by molar-refractivity contribution is 6.30. The molecule has 0 spiro atoms. The first-order valence-corrected chi connectivity index (χ1v) is 18.7. The Balaban J connectivity index is 1.84. The van der Waals surface area contributed by atoms with Crippen LogP contribution in [0.2, 0.25) is 5.02 Å². The second-order valence-electron chi connectivity index (χ2n) is 14.0. The lowest BCUT2D eigenvalue weighted by Gasteiger charge is -2.37. The second-order valence-corrected chi connectivity index (χ2v) is 14.4. The van der Waals surface area contributed by atoms with Crippen molar-refractivity contribution < 1.29 is 33.8 Å². The van der Waals surface area contributed by atoms with Gasteiger partial charge in [0, 0.05) is 62.0 Å². The normalized spacial score (nSPS) is 12.7. The van der Waals surface area contributed by atoms with Gasteiger partial charge in [-0.1, -0.05) is 48.0 Å². The van der Waals surface area contributed by atoms with Crippen molar-refractivity contribution in [3.05, 3.63) is 76.9 Å². The summed E-state index contributed by atoms with van der Waals surface area (Å²) in [6.45, 7) is 12.1. The average molecular weight is 770 g/mol. The number of hydrogen-bond acceptors (Lipinski definition) is 8. The van der Waals surface area contributed by atoms with E-state index >= 15 is 0 Å². The number of likely N-dealkylation sites (N-methyl/N-ethyl adjacent to an activating group) is 1. The number of unbranched alkanes of at least 4 members (excludes halogenated alkanes) is 1. The first-order chi connectivity index (χ1) is 25.6. The van der Waals surface area contributed by atoms with Gasteiger partial charge in [-0.15, -0.1) is 0 Å². The molecular weight excluding hydrogens is 714 g/mol. The Morgan fingerprint density at radius 1 is 0.963 bits per heavy atom. The molecule has 15 heteroatoms. The molecule has 0 radical (unpaired) electrons. The number of carboxylic acid groups (broad SMARTS) is 1. The fraction of sp³-hybridized carbons (Fsp3) is 0.513. The molecule has 5 amide bonds. The van der Waals surface area contributed by atoms with Crippen LogP contribution in [0.5, 0.6) is 0 Å². The predicted octanol–water partition coefficient (Wildman–Crippen LogP) is 5.78. The molecule has 0 saturated heterocycles. The number of aromatic nitrogens is 1. The van der Waals surface area contributed by atoms with E-state index in [4.69, 9.17) is 21.1 Å². The van der Waals surface area contributed by atoms with Crippen LogP contribution < -0.4 is 16.1 Å². The fourth-order valence-corrected chi connectivity index (χ4v) is 6.12. The molecular formula is C39H56ClN7O7. The van der Waals surface area contributed by atoms with Gasteiger partial charge in [-0.25, -0.2) is 14.6 Å². The van der Waals surface area contributed by atoms with E-state index in [1.165, 1.54) is 9.91 Å². The van der Waals surface area contributed by atoms with Crippen LogP contribution in [0.3, 0.4) is 0 Å². The molecule has 2 atom stereocenters. The van der Waals surface area contributed by atoms with Crippen molar-refractivity contribution in [2.24, 2.45) is 0 Å². The quantitative estimate of drug-likeness (QED) is 0.0633. The highest BCUT2D eigenvalue weighted by Gasteiger charge is 2.34. The van der Waals surface area contributed by atoms with E-state index in [9.17, 15) is 24.3 Å². The summed E-state index contributed by atoms with van der Waals surface area (Å²) in [5.74, 6) is -0.864. The van der Waals surface area contributed by atoms with E-state index in [-0.39, 0.29) is 38.5 Å². The number of fused-ring (bicyclic) bond motifs is 1. The number of pyridine rings is 1. The van der Waals surface area contributed by atoms with E-state index in [0.717, 1.165) is 22.0 Å². The lowest BCUT2D eigenvalue weighted by Crippen LogP contribution is -2.56. The third-order valence-corrected chi connectivity index (χ3v) is 8.98. The summed E-state index contributed by atoms with van der Waals surface area (Å²) in [4.78, 5) is 60.4. The molecule has 296 valence electrons. The number of urea groups is 1. The number of nitrogens with one attached hydrogen (secondary N) is 3. The highest BCUT2D eigenvalue weighted by atomic mass is 35.5. The third kappa shape index (κ3) is 13.7. The third-order valence-electron chi connectivity index (χ3n) is 8.73. The van der Waals surface area contributed by atoms with Crippen LogP contribution in [-0.2, 0) is 32.2 Å². The Labute approximate surface area is 323 Å². The number of para-hydroxylation sites is 1. The van der Waals surface area contributed by atoms with Gasteiger partial charge in [0.1, 0.15) is 6.04 Å². The molecule has 3 aromatic rings. The number of carbonyl (C=O) groups excluding carboxylic acids is 3. The number of hydrazine groups is 1. The minimum Gasteiger partial charge on any atom is -0.465 e. The van der Waals surface area contributed by atoms with Crippen LogP contribution in [0.1, 0.15) is 71.9 Å². The lowest BCUT2D eigenvalue weighted by atomic mass is 10.0. The molecule has 0 aliphatic heterocycles. The largest absolute Gasteiger partial charge is 0.465 e. The van der Waals surface area contributed by atoms with Crippen LogP contribution >= 0.6 is 11.6 Å². The fourth-order valence-electron chi connectivity index (χ4n) is 5.99. The van der Waals surface area contributed by atoms with Crippen LogP contribution in [0.25, 0.3) is 10.9 Å². The van der Waals surface area contributed by atoms with Gasteiger partial charge in [0.25, 0.3) is 0 Å². The maximum atomic E-state index is 14.7. The van der Waals surface area contributed by atoms with E-state index in [2.05, 4.69) is 21.0 Å². The zero-order chi connectivity index (χ0) is 39.8. The molecule has 0 aliphatic carbocycles. The summed E-state index contributed by atoms with van der Waals surface area (Å²) >= 11 is 5.95. The summed E-state index contributed by atoms with van der Waals surface area (Å²) in [6, 6.07) is 14.5. The van der Waals surface area contributed by atoms with Crippen LogP contribution in [0.15, 0.2) is 60.8 Å². The van der Waals surface area contributed by atoms with E-state index in [1.807, 2.05) is 71.9 Å². The zero-order valence-corrected chi connectivity index (χ0v) is 33.2. The number of rotatable bonds is 20. The second kappa shape index (κ2) is 21.4. The Morgan fingerprint density at radius 3 is 2.26 bits per heavy atom. The molecule has 14 nitrogen and oxygen atoms in total. The number of amides is 5. The molecule has 54 heavy (non-hydrogen) atoms. The SMILES string of the molecule is CCOC(OCC)C(C)N(Cc1cccc2cccnc12)C(=O)C(CCCCN(C(=O)O)C(C)(C)C)NC(=O)CN(C)NC(=O)NCc1ccc(Cl)cc1. The Hall–Kier alpha value is -4.50. The Morgan fingerprint density at radius 2 is 1.63 bits per heavy atom. The molecule has 0 bridgehead atoms. The summed E-state index contributed by atoms with van der Waals surface area (Å²) in [7, 11) is 1.54. The van der Waals surface area contributed by atoms with Crippen molar-refractivity contribution in [1.29, 1.82) is 0 Å². The summed E-state index contributed by atoms with van der Waals surface area (Å²) < 4.78 is 11.9. The van der Waals surface area contributed by atoms with Gasteiger partial charge >= 0.3 is 12.1 Å². The predicted molar refractivity (Wildman–Crippen MR) is 209 cm³/mol. The number of halogens is 1. The number of benzene rings is 2. The molecule has 4 N–H and O–H groups in total. The van der Waals surface area contributed by atoms with E-state index in [0.29, 0.717) is 31.1 Å². The number of carbonyl (C=O) groups is 4. The van der Waals surface area contributed by atoms with Crippen molar-refractivity contribution in [3.63, 3.8) is 0 Å². The topological polar surface area (TPSA) is 166 Å². The molecule has 2 aromatic carbocycles. The molecule has 2 unspecified atom stereocenters. The van der Waals surface area contributed by atoms with Crippen LogP contribution in [0.4, 0.5) is 9.59 Å². The van der Waals surface area contributed by atoms with E-state index < -0.39 is 41.9 Å². The van der Waals surface area contributed by atoms with Gasteiger partial charge in [-0.05, 0) is 90.1 Å². The molecule has 1 aromatic heterocycles. The smallest absolute Gasteiger partial charge is 0.407 e. The summed E-state index contributed by atoms with van der Waals surface area (Å²) in [5.41, 5.74) is 4.40. The maximum Gasteiger partial charge on any atom is 0.407 e. The summed E-state index contributed by atoms with van der Waals surface area (Å²) in [6.07, 6.45) is 1.05. The molecule has 3 rings (SSSR count). The Kier molecular flexibility index (Phi) is 17.4. The van der Waals surface area contributed by atoms with Crippen LogP contribution in [-0.4, -0.2) is 106 Å². The van der Waals surface area contributed by atoms with Gasteiger partial charge in [0.2, 0.25) is 11.8 Å². The minimum atomic E-state index is -1.03. The van der Waals surface area contributed by atoms with Crippen molar-refractivity contribution >= 4 is 46.4 Å². The first-order valence-electron chi connectivity index (χ1n) is 18.3. The minimum absolute atomic E-state index is 0.156. The standard InChI is InChI=1S/C39H56ClN7O7/c1-8-53-36(54-9-2)27(3)46(25-30-15-12-14-29-16-13-22-41-34(29)30)35(49)32(17-10-11-23-47(38(51)52)39(4,5)6)43-33(48)26-45(7)44-37(50)42-24-28-18-20-31(40)21-19-28/h12-16,18-22,27,32,36H,8-11,17,23-26H2,1-7H3,(H,43,48)(H,51,52)(H2,42,44,50). The van der Waals surface area contributed by atoms with Crippen molar-refractivity contribution in [2.45, 2.75) is 97.8 Å². The van der Waals surface area contributed by atoms with Gasteiger partial charge in [0.15, 0.2) is 6.29 Å². The molecule has 0 saturated carbocycles. The maximum absolute atomic E-state index is 14.7. The van der Waals surface area contributed by atoms with Gasteiger partial charge in [-0.3, -0.25) is 20.0 Å². The number of hydrogen-bond donors (Lipinski definition) is 4. The van der Waals surface area contributed by atoms with E-state index in [1.54, 1.807) is 42.4 Å². The highest BCUT2D eigenvalue weighted by Crippen LogP contribution is 2.23. The van der Waals surface area contributed by atoms with Crippen molar-refractivity contribution in [1.82, 2.24) is 35.9 Å². The Bertz CT molecular complexity index is 1660. The number of ether oxygens (including phenoxy) is 2. The average Bonchev–Trinajstić information content (AvgIpc) is 3.11. The zero-order valence-electron chi connectivity index (χ0n) is 32.4.